The molecular weight excluding hydrogens is 697 g/mol. The van der Waals surface area contributed by atoms with Gasteiger partial charge in [-0.05, 0) is 115 Å². The fourth-order valence-electron chi connectivity index (χ4n) is 5.82. The summed E-state index contributed by atoms with van der Waals surface area (Å²) in [6.07, 6.45) is 57.6. The van der Waals surface area contributed by atoms with Gasteiger partial charge >= 0.3 is 11.9 Å². The van der Waals surface area contributed by atoms with Crippen LogP contribution in [0.4, 0.5) is 0 Å². The van der Waals surface area contributed by atoms with Crippen molar-refractivity contribution in [3.05, 3.63) is 97.2 Å². The van der Waals surface area contributed by atoms with Gasteiger partial charge in [-0.25, -0.2) is 4.79 Å². The van der Waals surface area contributed by atoms with Crippen LogP contribution in [0.15, 0.2) is 97.2 Å². The Bertz CT molecular complexity index is 1190. The van der Waals surface area contributed by atoms with Crippen molar-refractivity contribution in [3.63, 3.8) is 0 Å². The monoisotopic (exact) mass is 777 g/mol. The van der Waals surface area contributed by atoms with Crippen molar-refractivity contribution in [1.82, 2.24) is 5.32 Å². The number of unbranched alkanes of at least 4 members (excludes halogenated alkanes) is 10. The lowest BCUT2D eigenvalue weighted by atomic mass is 10.1. The Morgan fingerprint density at radius 2 is 1.05 bits per heavy atom. The maximum atomic E-state index is 12.7. The van der Waals surface area contributed by atoms with Crippen LogP contribution in [0, 0.1) is 0 Å². The third-order valence-corrected chi connectivity index (χ3v) is 9.12. The van der Waals surface area contributed by atoms with E-state index in [0.29, 0.717) is 38.6 Å². The molecule has 0 radical (unpaired) electrons. The highest BCUT2D eigenvalue weighted by Crippen LogP contribution is 2.14. The number of rotatable bonds is 38. The molecule has 7 heteroatoms. The molecule has 0 saturated heterocycles. The Hall–Kier alpha value is -3.71. The van der Waals surface area contributed by atoms with E-state index in [-0.39, 0.29) is 18.0 Å². The minimum Gasteiger partial charge on any atom is -0.480 e. The van der Waals surface area contributed by atoms with Gasteiger partial charge in [-0.1, -0.05) is 150 Å². The Labute approximate surface area is 342 Å². The van der Waals surface area contributed by atoms with Crippen LogP contribution >= 0.6 is 0 Å². The van der Waals surface area contributed by atoms with Gasteiger partial charge in [-0.2, -0.15) is 0 Å². The number of carboxylic acid groups (broad SMARTS) is 1. The highest BCUT2D eigenvalue weighted by Gasteiger charge is 2.19. The SMILES string of the molecule is CC/C=C\C/C=C\C/C=C\C/C=C\C/C=C\C/C=C\C/C=C\CCCC(=O)OC(/C=C\CCCCCCCC)CCCCCCC(=O)NC(CCCN)C(=O)O. The van der Waals surface area contributed by atoms with Crippen molar-refractivity contribution in [1.29, 1.82) is 0 Å². The van der Waals surface area contributed by atoms with Crippen molar-refractivity contribution < 1.29 is 24.2 Å². The van der Waals surface area contributed by atoms with E-state index in [1.807, 2.05) is 0 Å². The molecule has 0 aliphatic rings. The molecule has 316 valence electrons. The summed E-state index contributed by atoms with van der Waals surface area (Å²) in [7, 11) is 0. The summed E-state index contributed by atoms with van der Waals surface area (Å²) in [4.78, 5) is 36.3. The molecule has 0 rings (SSSR count). The number of esters is 1. The lowest BCUT2D eigenvalue weighted by Crippen LogP contribution is -2.40. The van der Waals surface area contributed by atoms with Crippen LogP contribution in [0.5, 0.6) is 0 Å². The minimum atomic E-state index is -1.02. The van der Waals surface area contributed by atoms with Gasteiger partial charge in [0.1, 0.15) is 12.1 Å². The van der Waals surface area contributed by atoms with Gasteiger partial charge in [-0.15, -0.1) is 0 Å². The first-order chi connectivity index (χ1) is 27.4. The number of amides is 1. The quantitative estimate of drug-likeness (QED) is 0.0326. The number of carbonyl (C=O) groups excluding carboxylic acids is 2. The zero-order valence-corrected chi connectivity index (χ0v) is 35.4. The summed E-state index contributed by atoms with van der Waals surface area (Å²) in [6.45, 7) is 4.78. The highest BCUT2D eigenvalue weighted by atomic mass is 16.5. The molecular formula is C49H80N2O5. The third kappa shape index (κ3) is 38.6. The summed E-state index contributed by atoms with van der Waals surface area (Å²) in [6, 6.07) is -0.881. The summed E-state index contributed by atoms with van der Waals surface area (Å²) in [5, 5.41) is 11.9. The normalized spacial score (nSPS) is 13.6. The van der Waals surface area contributed by atoms with Crippen molar-refractivity contribution in [2.24, 2.45) is 5.73 Å². The number of ether oxygens (including phenoxy) is 1. The first-order valence-corrected chi connectivity index (χ1v) is 22.1. The Balaban J connectivity index is 4.35. The molecule has 0 aromatic carbocycles. The van der Waals surface area contributed by atoms with E-state index in [4.69, 9.17) is 10.5 Å². The van der Waals surface area contributed by atoms with E-state index in [1.54, 1.807) is 0 Å². The van der Waals surface area contributed by atoms with Gasteiger partial charge in [0.05, 0.1) is 0 Å². The summed E-state index contributed by atoms with van der Waals surface area (Å²) in [5.41, 5.74) is 5.48. The van der Waals surface area contributed by atoms with Crippen LogP contribution in [0.1, 0.15) is 174 Å². The van der Waals surface area contributed by atoms with Gasteiger partial charge in [0, 0.05) is 12.8 Å². The van der Waals surface area contributed by atoms with E-state index in [9.17, 15) is 19.5 Å². The van der Waals surface area contributed by atoms with Gasteiger partial charge in [-0.3, -0.25) is 9.59 Å². The number of allylic oxidation sites excluding steroid dienone is 15. The summed E-state index contributed by atoms with van der Waals surface area (Å²) < 4.78 is 5.90. The van der Waals surface area contributed by atoms with Crippen molar-refractivity contribution in [3.8, 4) is 0 Å². The lowest BCUT2D eigenvalue weighted by Gasteiger charge is -2.15. The molecule has 7 nitrogen and oxygen atoms in total. The molecule has 56 heavy (non-hydrogen) atoms. The van der Waals surface area contributed by atoms with Gasteiger partial charge in [0.25, 0.3) is 0 Å². The predicted octanol–water partition coefficient (Wildman–Crippen LogP) is 12.7. The molecule has 0 spiro atoms. The van der Waals surface area contributed by atoms with E-state index in [1.165, 1.54) is 32.1 Å². The van der Waals surface area contributed by atoms with E-state index >= 15 is 0 Å². The Morgan fingerprint density at radius 3 is 1.61 bits per heavy atom. The molecule has 1 amide bonds. The number of carbonyl (C=O) groups is 3. The van der Waals surface area contributed by atoms with Gasteiger partial charge < -0.3 is 20.9 Å². The van der Waals surface area contributed by atoms with Crippen LogP contribution in [0.3, 0.4) is 0 Å². The molecule has 0 saturated carbocycles. The van der Waals surface area contributed by atoms with Crippen molar-refractivity contribution >= 4 is 17.8 Å². The average molecular weight is 777 g/mol. The largest absolute Gasteiger partial charge is 0.480 e. The van der Waals surface area contributed by atoms with Crippen LogP contribution in [-0.2, 0) is 19.1 Å². The number of hydrogen-bond donors (Lipinski definition) is 3. The Morgan fingerprint density at radius 1 is 0.554 bits per heavy atom. The number of carboxylic acids is 1. The van der Waals surface area contributed by atoms with Crippen molar-refractivity contribution in [2.75, 3.05) is 6.54 Å². The lowest BCUT2D eigenvalue weighted by molar-refractivity contribution is -0.147. The van der Waals surface area contributed by atoms with Crippen LogP contribution in [0.2, 0.25) is 0 Å². The number of hydrogen-bond acceptors (Lipinski definition) is 5. The molecule has 0 aliphatic carbocycles. The van der Waals surface area contributed by atoms with E-state index < -0.39 is 12.0 Å². The second-order valence-electron chi connectivity index (χ2n) is 14.4. The smallest absolute Gasteiger partial charge is 0.326 e. The fraction of sp³-hybridized carbons (Fsp3) is 0.612. The highest BCUT2D eigenvalue weighted by molar-refractivity contribution is 5.83. The molecule has 0 fully saturated rings. The number of nitrogens with one attached hydrogen (secondary N) is 1. The molecule has 2 atom stereocenters. The van der Waals surface area contributed by atoms with E-state index in [2.05, 4.69) is 116 Å². The summed E-state index contributed by atoms with van der Waals surface area (Å²) >= 11 is 0. The molecule has 0 aromatic heterocycles. The maximum Gasteiger partial charge on any atom is 0.326 e. The maximum absolute atomic E-state index is 12.7. The molecule has 0 heterocycles. The van der Waals surface area contributed by atoms with Gasteiger partial charge in [0.2, 0.25) is 5.91 Å². The zero-order valence-electron chi connectivity index (χ0n) is 35.4. The third-order valence-electron chi connectivity index (χ3n) is 9.12. The predicted molar refractivity (Wildman–Crippen MR) is 238 cm³/mol. The molecule has 0 aliphatic heterocycles. The fourth-order valence-corrected chi connectivity index (χ4v) is 5.82. The van der Waals surface area contributed by atoms with Gasteiger partial charge in [0.15, 0.2) is 0 Å². The Kier molecular flexibility index (Phi) is 39.6. The first kappa shape index (κ1) is 52.3. The molecule has 4 N–H and O–H groups in total. The van der Waals surface area contributed by atoms with Crippen molar-refractivity contribution in [2.45, 2.75) is 187 Å². The number of nitrogens with two attached hydrogens (primary N) is 1. The molecule has 2 unspecified atom stereocenters. The second-order valence-corrected chi connectivity index (χ2v) is 14.4. The number of aliphatic carboxylic acids is 1. The average Bonchev–Trinajstić information content (AvgIpc) is 3.18. The van der Waals surface area contributed by atoms with Crippen LogP contribution in [0.25, 0.3) is 0 Å². The minimum absolute atomic E-state index is 0.149. The second kappa shape index (κ2) is 42.4. The zero-order chi connectivity index (χ0) is 41.0. The first-order valence-electron chi connectivity index (χ1n) is 22.1. The summed E-state index contributed by atoms with van der Waals surface area (Å²) in [5.74, 6) is -1.41. The standard InChI is InChI=1S/C49H80N2O5/c1-3-5-7-9-11-13-14-15-16-17-18-19-20-21-22-23-24-25-26-27-29-31-37-43-48(53)56-45(39-34-30-28-12-10-8-6-4-2)40-35-32-33-36-42-47(52)51-46(49(54)55)41-38-44-50/h5,7,11,13,15-16,18-19,21-22,24-25,27,29,34,39,45-46H,3-4,6,8-10,12,14,17,20,23,26,28,30-33,35-38,40-44,50H2,1-2H3,(H,51,52)(H,54,55)/b7-5-,13-11-,16-15-,19-18-,22-21-,25-24-,29-27-,39-34-. The topological polar surface area (TPSA) is 119 Å². The molecule has 0 bridgehead atoms. The van der Waals surface area contributed by atoms with Crippen LogP contribution in [-0.4, -0.2) is 41.6 Å². The van der Waals surface area contributed by atoms with Crippen LogP contribution < -0.4 is 11.1 Å². The molecule has 0 aromatic rings. The van der Waals surface area contributed by atoms with E-state index in [0.717, 1.165) is 96.3 Å².